The van der Waals surface area contributed by atoms with Crippen molar-refractivity contribution in [1.29, 1.82) is 0 Å². The number of amides is 2. The predicted octanol–water partition coefficient (Wildman–Crippen LogP) is 3.19. The van der Waals surface area contributed by atoms with E-state index in [0.29, 0.717) is 48.4 Å². The van der Waals surface area contributed by atoms with E-state index in [0.717, 1.165) is 24.9 Å². The Hall–Kier alpha value is -2.81. The number of hydrogen-bond donors (Lipinski definition) is 2. The van der Waals surface area contributed by atoms with Crippen molar-refractivity contribution in [2.24, 2.45) is 28.3 Å². The van der Waals surface area contributed by atoms with Gasteiger partial charge in [-0.25, -0.2) is 4.99 Å². The third-order valence-corrected chi connectivity index (χ3v) is 7.92. The standard InChI is InChI=1S/C28H44N6O3/c1-18(2)15-34(19(3)4)25(35)17-32-16-21-22(31-28(32)30)11-7-13-24(21)37-27(26(29)36)33-14-8-10-20-9-5-6-12-23(20)33/h7,11,13,18-20,23,27H,5-6,8-10,12,14-17H2,1-4H3,(H2,29,36)(H2,30,31). The first-order chi connectivity index (χ1) is 17.7. The molecule has 1 saturated heterocycles. The smallest absolute Gasteiger partial charge is 0.274 e. The summed E-state index contributed by atoms with van der Waals surface area (Å²) in [6.07, 6.45) is 6.11. The molecule has 1 saturated carbocycles. The summed E-state index contributed by atoms with van der Waals surface area (Å²) in [7, 11) is 0. The molecule has 0 bridgehead atoms. The molecule has 0 aromatic heterocycles. The van der Waals surface area contributed by atoms with E-state index in [-0.39, 0.29) is 18.5 Å². The van der Waals surface area contributed by atoms with Crippen LogP contribution in [0.4, 0.5) is 5.69 Å². The molecule has 3 aliphatic rings. The number of benzene rings is 1. The predicted molar refractivity (Wildman–Crippen MR) is 145 cm³/mol. The Morgan fingerprint density at radius 2 is 1.86 bits per heavy atom. The van der Waals surface area contributed by atoms with E-state index < -0.39 is 12.1 Å². The fourth-order valence-electron chi connectivity index (χ4n) is 6.14. The van der Waals surface area contributed by atoms with Gasteiger partial charge in [0.1, 0.15) is 12.3 Å². The van der Waals surface area contributed by atoms with Crippen molar-refractivity contribution in [2.75, 3.05) is 19.6 Å². The van der Waals surface area contributed by atoms with E-state index in [9.17, 15) is 9.59 Å². The highest BCUT2D eigenvalue weighted by Gasteiger charge is 2.40. The van der Waals surface area contributed by atoms with Gasteiger partial charge in [0.05, 0.1) is 12.2 Å². The van der Waals surface area contributed by atoms with Crippen molar-refractivity contribution >= 4 is 23.5 Å². The lowest BCUT2D eigenvalue weighted by Crippen LogP contribution is -2.58. The fourth-order valence-corrected chi connectivity index (χ4v) is 6.14. The van der Waals surface area contributed by atoms with Gasteiger partial charge >= 0.3 is 0 Å². The summed E-state index contributed by atoms with van der Waals surface area (Å²) in [5.74, 6) is 1.36. The second-order valence-electron chi connectivity index (χ2n) is 11.5. The van der Waals surface area contributed by atoms with Gasteiger partial charge in [0, 0.05) is 30.7 Å². The van der Waals surface area contributed by atoms with Crippen LogP contribution in [0.25, 0.3) is 0 Å². The van der Waals surface area contributed by atoms with Crippen LogP contribution < -0.4 is 16.2 Å². The number of aliphatic imine (C=N–C) groups is 1. The molecule has 1 aromatic carbocycles. The summed E-state index contributed by atoms with van der Waals surface area (Å²) in [4.78, 5) is 36.3. The molecule has 2 aliphatic heterocycles. The zero-order valence-corrected chi connectivity index (χ0v) is 22.9. The number of hydrogen-bond acceptors (Lipinski definition) is 7. The van der Waals surface area contributed by atoms with Gasteiger partial charge in [-0.2, -0.15) is 0 Å². The minimum absolute atomic E-state index is 0.00960. The van der Waals surface area contributed by atoms with E-state index in [1.807, 2.05) is 36.9 Å². The molecule has 9 nitrogen and oxygen atoms in total. The molecule has 3 unspecified atom stereocenters. The Labute approximate surface area is 221 Å². The lowest BCUT2D eigenvalue weighted by molar-refractivity contribution is -0.140. The molecule has 4 rings (SSSR count). The Morgan fingerprint density at radius 3 is 2.57 bits per heavy atom. The average molecular weight is 513 g/mol. The van der Waals surface area contributed by atoms with E-state index in [4.69, 9.17) is 16.2 Å². The van der Waals surface area contributed by atoms with E-state index in [2.05, 4.69) is 23.7 Å². The van der Waals surface area contributed by atoms with Crippen LogP contribution in [0, 0.1) is 11.8 Å². The summed E-state index contributed by atoms with van der Waals surface area (Å²) >= 11 is 0. The third-order valence-electron chi connectivity index (χ3n) is 7.92. The second kappa shape index (κ2) is 11.7. The first kappa shape index (κ1) is 27.2. The van der Waals surface area contributed by atoms with Gasteiger partial charge in [-0.1, -0.05) is 32.8 Å². The van der Waals surface area contributed by atoms with Crippen LogP contribution in [0.5, 0.6) is 5.75 Å². The SMILES string of the molecule is CC(C)CN(C(=O)CN1Cc2c(cccc2OC(C(N)=O)N2CCCC3CCCCC32)N=C1N)C(C)C. The number of guanidine groups is 1. The largest absolute Gasteiger partial charge is 0.465 e. The number of fused-ring (bicyclic) bond motifs is 2. The highest BCUT2D eigenvalue weighted by molar-refractivity contribution is 5.89. The number of primary amides is 1. The topological polar surface area (TPSA) is 117 Å². The molecular formula is C28H44N6O3. The van der Waals surface area contributed by atoms with Gasteiger partial charge in [-0.15, -0.1) is 0 Å². The van der Waals surface area contributed by atoms with Gasteiger partial charge in [-0.05, 0) is 63.5 Å². The van der Waals surface area contributed by atoms with Crippen LogP contribution in [0.3, 0.4) is 0 Å². The minimum atomic E-state index is -0.835. The molecule has 0 spiro atoms. The second-order valence-corrected chi connectivity index (χ2v) is 11.5. The number of ether oxygens (including phenoxy) is 1. The van der Waals surface area contributed by atoms with Crippen LogP contribution in [0.1, 0.15) is 71.8 Å². The van der Waals surface area contributed by atoms with Crippen molar-refractivity contribution in [2.45, 2.75) is 91.1 Å². The van der Waals surface area contributed by atoms with Crippen molar-refractivity contribution in [3.05, 3.63) is 23.8 Å². The van der Waals surface area contributed by atoms with Gasteiger partial charge in [0.25, 0.3) is 5.91 Å². The Bertz CT molecular complexity index is 1010. The zero-order chi connectivity index (χ0) is 26.7. The fraction of sp³-hybridized carbons (Fsp3) is 0.679. The van der Waals surface area contributed by atoms with Crippen molar-refractivity contribution in [3.8, 4) is 5.75 Å². The summed E-state index contributed by atoms with van der Waals surface area (Å²) in [5.41, 5.74) is 13.7. The molecule has 4 N–H and O–H groups in total. The van der Waals surface area contributed by atoms with Gasteiger partial charge < -0.3 is 26.0 Å². The highest BCUT2D eigenvalue weighted by Crippen LogP contribution is 2.38. The molecule has 3 atom stereocenters. The number of nitrogens with two attached hydrogens (primary N) is 2. The normalized spacial score (nSPS) is 22.8. The summed E-state index contributed by atoms with van der Waals surface area (Å²) in [6, 6.07) is 6.00. The van der Waals surface area contributed by atoms with Crippen molar-refractivity contribution in [1.82, 2.24) is 14.7 Å². The Balaban J connectivity index is 1.54. The summed E-state index contributed by atoms with van der Waals surface area (Å²) < 4.78 is 6.41. The number of likely N-dealkylation sites (tertiary alicyclic amines) is 1. The summed E-state index contributed by atoms with van der Waals surface area (Å²) in [6.45, 7) is 10.2. The molecule has 204 valence electrons. The number of nitrogens with zero attached hydrogens (tertiary/aromatic N) is 4. The molecule has 2 fully saturated rings. The lowest BCUT2D eigenvalue weighted by atomic mass is 9.78. The highest BCUT2D eigenvalue weighted by atomic mass is 16.5. The molecular weight excluding hydrogens is 468 g/mol. The molecule has 2 heterocycles. The third kappa shape index (κ3) is 6.20. The Kier molecular flexibility index (Phi) is 8.62. The lowest BCUT2D eigenvalue weighted by Gasteiger charge is -2.46. The van der Waals surface area contributed by atoms with Crippen LogP contribution in [-0.4, -0.2) is 70.4 Å². The average Bonchev–Trinajstić information content (AvgIpc) is 2.85. The minimum Gasteiger partial charge on any atom is -0.465 e. The maximum absolute atomic E-state index is 13.2. The number of carbonyl (C=O) groups is 2. The molecule has 1 aliphatic carbocycles. The first-order valence-corrected chi connectivity index (χ1v) is 13.9. The van der Waals surface area contributed by atoms with E-state index in [1.54, 1.807) is 4.90 Å². The number of carbonyl (C=O) groups excluding carboxylic acids is 2. The summed E-state index contributed by atoms with van der Waals surface area (Å²) in [5, 5.41) is 0. The number of piperidine rings is 1. The molecule has 1 aromatic rings. The van der Waals surface area contributed by atoms with E-state index in [1.165, 1.54) is 25.7 Å². The van der Waals surface area contributed by atoms with Crippen LogP contribution in [0.2, 0.25) is 0 Å². The maximum Gasteiger partial charge on any atom is 0.274 e. The van der Waals surface area contributed by atoms with Crippen molar-refractivity contribution < 1.29 is 14.3 Å². The Morgan fingerprint density at radius 1 is 1.14 bits per heavy atom. The molecule has 9 heteroatoms. The van der Waals surface area contributed by atoms with Gasteiger partial charge in [-0.3, -0.25) is 14.5 Å². The van der Waals surface area contributed by atoms with Crippen LogP contribution in [0.15, 0.2) is 23.2 Å². The number of rotatable bonds is 9. The van der Waals surface area contributed by atoms with Gasteiger partial charge in [0.15, 0.2) is 5.96 Å². The quantitative estimate of drug-likeness (QED) is 0.525. The monoisotopic (exact) mass is 512 g/mol. The van der Waals surface area contributed by atoms with Crippen LogP contribution in [-0.2, 0) is 16.1 Å². The first-order valence-electron chi connectivity index (χ1n) is 13.9. The van der Waals surface area contributed by atoms with Crippen molar-refractivity contribution in [3.63, 3.8) is 0 Å². The van der Waals surface area contributed by atoms with E-state index >= 15 is 0 Å². The zero-order valence-electron chi connectivity index (χ0n) is 22.9. The van der Waals surface area contributed by atoms with Crippen LogP contribution >= 0.6 is 0 Å². The van der Waals surface area contributed by atoms with Gasteiger partial charge in [0.2, 0.25) is 12.1 Å². The maximum atomic E-state index is 13.2. The molecule has 0 radical (unpaired) electrons. The molecule has 37 heavy (non-hydrogen) atoms. The molecule has 2 amide bonds.